The van der Waals surface area contributed by atoms with Crippen molar-refractivity contribution in [2.45, 2.75) is 33.2 Å². The maximum absolute atomic E-state index is 12.4. The molecule has 2 aromatic rings. The monoisotopic (exact) mass is 367 g/mol. The van der Waals surface area contributed by atoms with E-state index in [1.165, 1.54) is 11.9 Å². The molecule has 0 atom stereocenters. The topological polar surface area (TPSA) is 81.9 Å². The molecule has 0 aliphatic rings. The molecule has 1 amide bonds. The van der Waals surface area contributed by atoms with Crippen LogP contribution in [0.2, 0.25) is 0 Å². The molecule has 0 aliphatic carbocycles. The number of nitrogens with one attached hydrogen (secondary N) is 1. The van der Waals surface area contributed by atoms with Gasteiger partial charge in [0, 0.05) is 4.47 Å². The van der Waals surface area contributed by atoms with Gasteiger partial charge in [0.2, 0.25) is 0 Å². The highest BCUT2D eigenvalue weighted by Crippen LogP contribution is 2.28. The van der Waals surface area contributed by atoms with Crippen molar-refractivity contribution in [3.05, 3.63) is 27.7 Å². The van der Waals surface area contributed by atoms with Gasteiger partial charge in [0.25, 0.3) is 11.9 Å². The highest BCUT2D eigenvalue weighted by atomic mass is 79.9. The van der Waals surface area contributed by atoms with Crippen molar-refractivity contribution in [1.82, 2.24) is 20.2 Å². The fraction of sp³-hybridized carbons (Fsp3) is 0.429. The van der Waals surface area contributed by atoms with Crippen molar-refractivity contribution in [2.24, 2.45) is 0 Å². The molecule has 0 unspecified atom stereocenters. The first kappa shape index (κ1) is 16.4. The number of carbonyl (C=O) groups is 1. The van der Waals surface area contributed by atoms with Gasteiger partial charge >= 0.3 is 0 Å². The summed E-state index contributed by atoms with van der Waals surface area (Å²) in [5, 5.41) is 14.5. The summed E-state index contributed by atoms with van der Waals surface area (Å²) in [6.07, 6.45) is 2.00. The fourth-order valence-corrected chi connectivity index (χ4v) is 2.60. The first-order chi connectivity index (χ1) is 10.5. The lowest BCUT2D eigenvalue weighted by atomic mass is 10.1. The summed E-state index contributed by atoms with van der Waals surface area (Å²) in [5.41, 5.74) is 1.28. The Labute approximate surface area is 137 Å². The molecule has 0 spiro atoms. The third-order valence-electron chi connectivity index (χ3n) is 3.08. The number of nitrogens with zero attached hydrogens (tertiary/aromatic N) is 4. The number of anilines is 1. The fourth-order valence-electron chi connectivity index (χ4n) is 2.03. The molecule has 2 rings (SSSR count). The average molecular weight is 368 g/mol. The largest absolute Gasteiger partial charge is 0.496 e. The molecule has 7 nitrogen and oxygen atoms in total. The summed E-state index contributed by atoms with van der Waals surface area (Å²) in [6, 6.07) is 3.58. The minimum Gasteiger partial charge on any atom is -0.496 e. The number of amides is 1. The summed E-state index contributed by atoms with van der Waals surface area (Å²) >= 11 is 3.38. The van der Waals surface area contributed by atoms with E-state index < -0.39 is 0 Å². The van der Waals surface area contributed by atoms with Gasteiger partial charge in [-0.25, -0.2) is 0 Å². The Morgan fingerprint density at radius 2 is 2.23 bits per heavy atom. The van der Waals surface area contributed by atoms with Crippen LogP contribution >= 0.6 is 15.9 Å². The highest BCUT2D eigenvalue weighted by Gasteiger charge is 2.17. The molecule has 0 aliphatic heterocycles. The molecule has 1 N–H and O–H groups in total. The van der Waals surface area contributed by atoms with Crippen LogP contribution in [-0.4, -0.2) is 33.2 Å². The molecule has 1 aromatic carbocycles. The van der Waals surface area contributed by atoms with Crippen molar-refractivity contribution in [1.29, 1.82) is 0 Å². The second-order valence-corrected chi connectivity index (χ2v) is 5.74. The van der Waals surface area contributed by atoms with E-state index in [1.807, 2.05) is 13.0 Å². The van der Waals surface area contributed by atoms with E-state index in [4.69, 9.17) is 4.74 Å². The molecule has 0 saturated carbocycles. The Morgan fingerprint density at radius 3 is 2.91 bits per heavy atom. The zero-order valence-corrected chi connectivity index (χ0v) is 14.3. The van der Waals surface area contributed by atoms with Crippen LogP contribution in [0, 0.1) is 6.92 Å². The summed E-state index contributed by atoms with van der Waals surface area (Å²) in [5.74, 6) is 0.371. The van der Waals surface area contributed by atoms with E-state index >= 15 is 0 Å². The summed E-state index contributed by atoms with van der Waals surface area (Å²) in [6.45, 7) is 4.64. The first-order valence-electron chi connectivity index (χ1n) is 6.98. The van der Waals surface area contributed by atoms with Gasteiger partial charge < -0.3 is 4.74 Å². The van der Waals surface area contributed by atoms with Gasteiger partial charge in [-0.3, -0.25) is 10.1 Å². The lowest BCUT2D eigenvalue weighted by molar-refractivity contribution is 0.102. The third-order valence-corrected chi connectivity index (χ3v) is 3.54. The molecule has 0 radical (unpaired) electrons. The van der Waals surface area contributed by atoms with Crippen molar-refractivity contribution in [2.75, 3.05) is 12.4 Å². The van der Waals surface area contributed by atoms with Crippen molar-refractivity contribution < 1.29 is 9.53 Å². The normalized spacial score (nSPS) is 10.5. The van der Waals surface area contributed by atoms with Crippen molar-refractivity contribution >= 4 is 27.8 Å². The van der Waals surface area contributed by atoms with E-state index in [-0.39, 0.29) is 11.9 Å². The maximum Gasteiger partial charge on any atom is 0.270 e. The summed E-state index contributed by atoms with van der Waals surface area (Å²) in [7, 11) is 1.53. The molecular formula is C14H18BrN5O2. The van der Waals surface area contributed by atoms with E-state index in [9.17, 15) is 4.79 Å². The van der Waals surface area contributed by atoms with Crippen molar-refractivity contribution in [3.63, 3.8) is 0 Å². The molecule has 1 heterocycles. The number of tetrazole rings is 1. The second-order valence-electron chi connectivity index (χ2n) is 4.82. The second kappa shape index (κ2) is 7.35. The van der Waals surface area contributed by atoms with Crippen LogP contribution in [0.25, 0.3) is 0 Å². The van der Waals surface area contributed by atoms with Crippen LogP contribution in [0.4, 0.5) is 5.95 Å². The molecule has 0 fully saturated rings. The smallest absolute Gasteiger partial charge is 0.270 e. The maximum atomic E-state index is 12.4. The lowest BCUT2D eigenvalue weighted by Crippen LogP contribution is -2.15. The number of benzene rings is 1. The van der Waals surface area contributed by atoms with Gasteiger partial charge in [0.15, 0.2) is 0 Å². The first-order valence-corrected chi connectivity index (χ1v) is 7.77. The number of unbranched alkanes of at least 4 members (excludes halogenated alkanes) is 1. The number of rotatable bonds is 6. The minimum absolute atomic E-state index is 0.181. The average Bonchev–Trinajstić information content (AvgIpc) is 2.91. The Hall–Kier alpha value is -1.96. The summed E-state index contributed by atoms with van der Waals surface area (Å²) in [4.78, 5) is 13.9. The van der Waals surface area contributed by atoms with Crippen LogP contribution in [0.15, 0.2) is 16.6 Å². The highest BCUT2D eigenvalue weighted by molar-refractivity contribution is 9.10. The third kappa shape index (κ3) is 3.82. The predicted molar refractivity (Wildman–Crippen MR) is 86.1 cm³/mol. The summed E-state index contributed by atoms with van der Waals surface area (Å²) < 4.78 is 6.11. The zero-order valence-electron chi connectivity index (χ0n) is 12.8. The van der Waals surface area contributed by atoms with Gasteiger partial charge in [-0.15, -0.1) is 5.10 Å². The van der Waals surface area contributed by atoms with Crippen LogP contribution in [-0.2, 0) is 6.54 Å². The van der Waals surface area contributed by atoms with Gasteiger partial charge in [0.05, 0.1) is 19.2 Å². The molecule has 0 bridgehead atoms. The molecular weight excluding hydrogens is 350 g/mol. The van der Waals surface area contributed by atoms with Gasteiger partial charge in [-0.05, 0) is 36.3 Å². The molecule has 8 heteroatoms. The van der Waals surface area contributed by atoms with Crippen LogP contribution in [0.5, 0.6) is 5.75 Å². The zero-order chi connectivity index (χ0) is 16.1. The number of aryl methyl sites for hydroxylation is 2. The number of methoxy groups -OCH3 is 1. The minimum atomic E-state index is -0.337. The number of halogens is 1. The number of ether oxygens (including phenoxy) is 1. The Balaban J connectivity index is 2.17. The molecule has 0 saturated heterocycles. The molecule has 118 valence electrons. The van der Waals surface area contributed by atoms with Crippen LogP contribution < -0.4 is 10.1 Å². The van der Waals surface area contributed by atoms with E-state index in [1.54, 1.807) is 6.07 Å². The molecule has 1 aromatic heterocycles. The number of carbonyl (C=O) groups excluding carboxylic acids is 1. The lowest BCUT2D eigenvalue weighted by Gasteiger charge is -2.11. The SMILES string of the molecule is CCCCn1nnc(NC(=O)c2cc(Br)cc(C)c2OC)n1. The number of aromatic nitrogens is 4. The van der Waals surface area contributed by atoms with Gasteiger partial charge in [-0.1, -0.05) is 34.4 Å². The number of hydrogen-bond acceptors (Lipinski definition) is 5. The number of hydrogen-bond donors (Lipinski definition) is 1. The Kier molecular flexibility index (Phi) is 5.48. The standard InChI is InChI=1S/C14H18BrN5O2/c1-4-5-6-20-18-14(17-19-20)16-13(21)11-8-10(15)7-9(2)12(11)22-3/h7-8H,4-6H2,1-3H3,(H,16,18,21). The van der Waals surface area contributed by atoms with E-state index in [0.717, 1.165) is 22.9 Å². The van der Waals surface area contributed by atoms with Crippen LogP contribution in [0.1, 0.15) is 35.7 Å². The quantitative estimate of drug-likeness (QED) is 0.848. The Bertz CT molecular complexity index is 671. The van der Waals surface area contributed by atoms with Gasteiger partial charge in [-0.2, -0.15) is 4.80 Å². The van der Waals surface area contributed by atoms with Crippen LogP contribution in [0.3, 0.4) is 0 Å². The van der Waals surface area contributed by atoms with E-state index in [0.29, 0.717) is 17.9 Å². The van der Waals surface area contributed by atoms with Crippen molar-refractivity contribution in [3.8, 4) is 5.75 Å². The molecule has 22 heavy (non-hydrogen) atoms. The Morgan fingerprint density at radius 1 is 1.45 bits per heavy atom. The van der Waals surface area contributed by atoms with E-state index in [2.05, 4.69) is 43.6 Å². The predicted octanol–water partition coefficient (Wildman–Crippen LogP) is 2.81. The van der Waals surface area contributed by atoms with Gasteiger partial charge in [0.1, 0.15) is 5.75 Å².